The molecule has 0 aliphatic rings. The van der Waals surface area contributed by atoms with Gasteiger partial charge >= 0.3 is 0 Å². The third kappa shape index (κ3) is 3.67. The van der Waals surface area contributed by atoms with Crippen LogP contribution in [0.5, 0.6) is 0 Å². The summed E-state index contributed by atoms with van der Waals surface area (Å²) in [5, 5.41) is 3.64. The van der Waals surface area contributed by atoms with Crippen LogP contribution in [0, 0.1) is 6.92 Å². The van der Waals surface area contributed by atoms with Gasteiger partial charge in [-0.1, -0.05) is 37.6 Å². The largest absolute Gasteiger partial charge is 0.308 e. The van der Waals surface area contributed by atoms with Crippen LogP contribution in [-0.4, -0.2) is 6.04 Å². The molecule has 0 aliphatic heterocycles. The average Bonchev–Trinajstić information content (AvgIpc) is 2.18. The summed E-state index contributed by atoms with van der Waals surface area (Å²) in [7, 11) is 0. The Labute approximate surface area is 93.9 Å². The maximum Gasteiger partial charge on any atom is 0.0296 e. The summed E-state index contributed by atoms with van der Waals surface area (Å²) in [6.07, 6.45) is 2.49. The Kier molecular flexibility index (Phi) is 4.83. The topological polar surface area (TPSA) is 12.0 Å². The highest BCUT2D eigenvalue weighted by Gasteiger charge is 2.09. The van der Waals surface area contributed by atoms with Gasteiger partial charge in [-0.25, -0.2) is 0 Å². The van der Waals surface area contributed by atoms with Crippen molar-refractivity contribution in [1.29, 1.82) is 0 Å². The van der Waals surface area contributed by atoms with Crippen molar-refractivity contribution in [2.24, 2.45) is 0 Å². The lowest BCUT2D eigenvalue weighted by Crippen LogP contribution is -2.29. The molecule has 1 N–H and O–H groups in total. The molecule has 0 amide bonds. The van der Waals surface area contributed by atoms with E-state index in [1.807, 2.05) is 0 Å². The highest BCUT2D eigenvalue weighted by atomic mass is 14.9. The summed E-state index contributed by atoms with van der Waals surface area (Å²) in [5.41, 5.74) is 2.79. The van der Waals surface area contributed by atoms with Crippen molar-refractivity contribution in [3.63, 3.8) is 0 Å². The molecular formula is C14H23N. The fraction of sp³-hybridized carbons (Fsp3) is 0.571. The molecule has 1 aromatic carbocycles. The zero-order valence-corrected chi connectivity index (χ0v) is 10.4. The summed E-state index contributed by atoms with van der Waals surface area (Å²) in [5.74, 6) is 0. The predicted molar refractivity (Wildman–Crippen MR) is 67.1 cm³/mol. The molecule has 0 saturated heterocycles. The molecule has 1 heteroatoms. The first-order chi connectivity index (χ1) is 7.15. The van der Waals surface area contributed by atoms with E-state index < -0.39 is 0 Å². The fourth-order valence-corrected chi connectivity index (χ4v) is 2.11. The van der Waals surface area contributed by atoms with Gasteiger partial charge in [-0.05, 0) is 38.3 Å². The van der Waals surface area contributed by atoms with E-state index >= 15 is 0 Å². The van der Waals surface area contributed by atoms with Gasteiger partial charge in [0.05, 0.1) is 0 Å². The Balaban J connectivity index is 2.61. The van der Waals surface area contributed by atoms with Crippen LogP contribution in [0.25, 0.3) is 0 Å². The summed E-state index contributed by atoms with van der Waals surface area (Å²) in [4.78, 5) is 0. The van der Waals surface area contributed by atoms with E-state index in [9.17, 15) is 0 Å². The van der Waals surface area contributed by atoms with Crippen molar-refractivity contribution in [3.8, 4) is 0 Å². The standard InChI is InChI=1S/C14H23N/c1-5-8-12(3)15-13(4)14-10-7-6-9-11(14)2/h6-7,9-10,12-13,15H,5,8H2,1-4H3/t12?,13-/m1/s1. The van der Waals surface area contributed by atoms with Crippen molar-refractivity contribution in [3.05, 3.63) is 35.4 Å². The van der Waals surface area contributed by atoms with Crippen LogP contribution in [0.3, 0.4) is 0 Å². The lowest BCUT2D eigenvalue weighted by Gasteiger charge is -2.21. The molecule has 1 aromatic rings. The summed E-state index contributed by atoms with van der Waals surface area (Å²) < 4.78 is 0. The normalized spacial score (nSPS) is 14.9. The van der Waals surface area contributed by atoms with Gasteiger partial charge in [0, 0.05) is 12.1 Å². The van der Waals surface area contributed by atoms with Gasteiger partial charge in [-0.3, -0.25) is 0 Å². The van der Waals surface area contributed by atoms with Crippen LogP contribution in [0.4, 0.5) is 0 Å². The van der Waals surface area contributed by atoms with Gasteiger partial charge in [-0.2, -0.15) is 0 Å². The Morgan fingerprint density at radius 3 is 2.47 bits per heavy atom. The second-order valence-corrected chi connectivity index (χ2v) is 4.43. The predicted octanol–water partition coefficient (Wildman–Crippen LogP) is 3.83. The molecular weight excluding hydrogens is 182 g/mol. The van der Waals surface area contributed by atoms with E-state index in [-0.39, 0.29) is 0 Å². The molecule has 0 heterocycles. The van der Waals surface area contributed by atoms with E-state index in [0.717, 1.165) is 0 Å². The van der Waals surface area contributed by atoms with Gasteiger partial charge in [0.1, 0.15) is 0 Å². The molecule has 0 bridgehead atoms. The minimum Gasteiger partial charge on any atom is -0.308 e. The number of hydrogen-bond acceptors (Lipinski definition) is 1. The molecule has 2 atom stereocenters. The Bertz CT molecular complexity index is 293. The van der Waals surface area contributed by atoms with Crippen molar-refractivity contribution in [2.75, 3.05) is 0 Å². The molecule has 0 spiro atoms. The fourth-order valence-electron chi connectivity index (χ4n) is 2.11. The summed E-state index contributed by atoms with van der Waals surface area (Å²) in [6.45, 7) is 8.92. The van der Waals surface area contributed by atoms with E-state index in [2.05, 4.69) is 57.3 Å². The van der Waals surface area contributed by atoms with Gasteiger partial charge in [0.2, 0.25) is 0 Å². The molecule has 0 aromatic heterocycles. The first-order valence-corrected chi connectivity index (χ1v) is 5.96. The van der Waals surface area contributed by atoms with Crippen LogP contribution in [0.2, 0.25) is 0 Å². The Morgan fingerprint density at radius 2 is 1.87 bits per heavy atom. The second kappa shape index (κ2) is 5.92. The summed E-state index contributed by atoms with van der Waals surface area (Å²) >= 11 is 0. The smallest absolute Gasteiger partial charge is 0.0296 e. The van der Waals surface area contributed by atoms with Crippen LogP contribution in [0.15, 0.2) is 24.3 Å². The molecule has 1 nitrogen and oxygen atoms in total. The molecule has 0 saturated carbocycles. The average molecular weight is 205 g/mol. The molecule has 0 fully saturated rings. The SMILES string of the molecule is CCCC(C)N[C@H](C)c1ccccc1C. The first kappa shape index (κ1) is 12.3. The number of rotatable bonds is 5. The zero-order chi connectivity index (χ0) is 11.3. The minimum atomic E-state index is 0.452. The van der Waals surface area contributed by atoms with E-state index in [1.54, 1.807) is 0 Å². The number of hydrogen-bond donors (Lipinski definition) is 1. The van der Waals surface area contributed by atoms with Crippen molar-refractivity contribution in [1.82, 2.24) is 5.32 Å². The lowest BCUT2D eigenvalue weighted by molar-refractivity contribution is 0.452. The van der Waals surface area contributed by atoms with Crippen LogP contribution >= 0.6 is 0 Å². The third-order valence-corrected chi connectivity index (χ3v) is 2.91. The maximum absolute atomic E-state index is 3.64. The van der Waals surface area contributed by atoms with Gasteiger partial charge in [-0.15, -0.1) is 0 Å². The molecule has 84 valence electrons. The zero-order valence-electron chi connectivity index (χ0n) is 10.4. The lowest BCUT2D eigenvalue weighted by atomic mass is 10.0. The van der Waals surface area contributed by atoms with Gasteiger partial charge < -0.3 is 5.32 Å². The molecule has 15 heavy (non-hydrogen) atoms. The highest BCUT2D eigenvalue weighted by molar-refractivity contribution is 5.28. The number of benzene rings is 1. The number of aryl methyl sites for hydroxylation is 1. The van der Waals surface area contributed by atoms with E-state index in [1.165, 1.54) is 24.0 Å². The first-order valence-electron chi connectivity index (χ1n) is 5.96. The Hall–Kier alpha value is -0.820. The van der Waals surface area contributed by atoms with Gasteiger partial charge in [0.25, 0.3) is 0 Å². The number of nitrogens with one attached hydrogen (secondary N) is 1. The van der Waals surface area contributed by atoms with Crippen molar-refractivity contribution >= 4 is 0 Å². The van der Waals surface area contributed by atoms with Crippen LogP contribution in [-0.2, 0) is 0 Å². The van der Waals surface area contributed by atoms with Crippen molar-refractivity contribution < 1.29 is 0 Å². The van der Waals surface area contributed by atoms with Crippen molar-refractivity contribution in [2.45, 2.75) is 52.6 Å². The van der Waals surface area contributed by atoms with Crippen LogP contribution in [0.1, 0.15) is 50.8 Å². The van der Waals surface area contributed by atoms with Crippen LogP contribution < -0.4 is 5.32 Å². The molecule has 1 unspecified atom stereocenters. The second-order valence-electron chi connectivity index (χ2n) is 4.43. The maximum atomic E-state index is 3.64. The quantitative estimate of drug-likeness (QED) is 0.770. The minimum absolute atomic E-state index is 0.452. The molecule has 0 aliphatic carbocycles. The third-order valence-electron chi connectivity index (χ3n) is 2.91. The molecule has 0 radical (unpaired) electrons. The van der Waals surface area contributed by atoms with Gasteiger partial charge in [0.15, 0.2) is 0 Å². The Morgan fingerprint density at radius 1 is 1.20 bits per heavy atom. The summed E-state index contributed by atoms with van der Waals surface area (Å²) in [6, 6.07) is 9.66. The van der Waals surface area contributed by atoms with E-state index in [4.69, 9.17) is 0 Å². The monoisotopic (exact) mass is 205 g/mol. The highest BCUT2D eigenvalue weighted by Crippen LogP contribution is 2.17. The molecule has 1 rings (SSSR count). The van der Waals surface area contributed by atoms with E-state index in [0.29, 0.717) is 12.1 Å².